The van der Waals surface area contributed by atoms with E-state index in [1.807, 2.05) is 20.0 Å². The van der Waals surface area contributed by atoms with Gasteiger partial charge in [0.05, 0.1) is 22.2 Å². The van der Waals surface area contributed by atoms with Gasteiger partial charge >= 0.3 is 0 Å². The van der Waals surface area contributed by atoms with Gasteiger partial charge in [0, 0.05) is 39.9 Å². The van der Waals surface area contributed by atoms with Crippen molar-refractivity contribution in [3.8, 4) is 11.1 Å². The highest BCUT2D eigenvalue weighted by molar-refractivity contribution is 6.35. The van der Waals surface area contributed by atoms with Gasteiger partial charge in [0.25, 0.3) is 0 Å². The number of para-hydroxylation sites is 1. The predicted molar refractivity (Wildman–Crippen MR) is 110 cm³/mol. The average Bonchev–Trinajstić information content (AvgIpc) is 2.97. The van der Waals surface area contributed by atoms with E-state index in [4.69, 9.17) is 11.6 Å². The summed E-state index contributed by atoms with van der Waals surface area (Å²) in [5.41, 5.74) is 7.24. The lowest BCUT2D eigenvalue weighted by Gasteiger charge is -2.43. The molecular formula is C22H25ClN2O. The lowest BCUT2D eigenvalue weighted by atomic mass is 9.77. The Morgan fingerprint density at radius 2 is 1.85 bits per heavy atom. The highest BCUT2D eigenvalue weighted by atomic mass is 35.5. The van der Waals surface area contributed by atoms with Crippen LogP contribution in [-0.4, -0.2) is 21.7 Å². The number of hydrogen-bond donors (Lipinski definition) is 3. The summed E-state index contributed by atoms with van der Waals surface area (Å²) >= 11 is 6.93. The molecule has 0 amide bonds. The van der Waals surface area contributed by atoms with Crippen molar-refractivity contribution in [2.24, 2.45) is 0 Å². The molecule has 26 heavy (non-hydrogen) atoms. The van der Waals surface area contributed by atoms with Crippen molar-refractivity contribution in [1.82, 2.24) is 4.98 Å². The van der Waals surface area contributed by atoms with Gasteiger partial charge in [-0.25, -0.2) is 0 Å². The lowest BCUT2D eigenvalue weighted by Crippen LogP contribution is -2.50. The van der Waals surface area contributed by atoms with Gasteiger partial charge in [0.15, 0.2) is 0 Å². The Hall–Kier alpha value is -1.97. The van der Waals surface area contributed by atoms with E-state index in [0.29, 0.717) is 0 Å². The Morgan fingerprint density at radius 3 is 2.58 bits per heavy atom. The molecule has 1 aromatic heterocycles. The van der Waals surface area contributed by atoms with E-state index in [9.17, 15) is 5.11 Å². The Bertz CT molecular complexity index is 1020. The van der Waals surface area contributed by atoms with E-state index in [0.717, 1.165) is 38.5 Å². The largest absolute Gasteiger partial charge is 0.390 e. The van der Waals surface area contributed by atoms with Crippen LogP contribution in [-0.2, 0) is 0 Å². The first kappa shape index (κ1) is 17.4. The van der Waals surface area contributed by atoms with Crippen LogP contribution in [0.4, 0.5) is 5.69 Å². The summed E-state index contributed by atoms with van der Waals surface area (Å²) in [5, 5.41) is 16.2. The van der Waals surface area contributed by atoms with Gasteiger partial charge in [-0.15, -0.1) is 0 Å². The van der Waals surface area contributed by atoms with Crippen LogP contribution >= 0.6 is 11.6 Å². The fourth-order valence-electron chi connectivity index (χ4n) is 4.31. The van der Waals surface area contributed by atoms with E-state index >= 15 is 0 Å². The standard InChI is InChI=1S/C22H25ClN2O/c1-11-9-16(15-8-6-7-14-12(2)10-24-20(14)15)18(23)17-13(3)21(26)22(4,5)25-19(11)17/h6-10,13,21,24-26H,1-5H3. The summed E-state index contributed by atoms with van der Waals surface area (Å²) in [7, 11) is 0. The van der Waals surface area contributed by atoms with Crippen molar-refractivity contribution in [2.75, 3.05) is 5.32 Å². The van der Waals surface area contributed by atoms with Gasteiger partial charge in [-0.3, -0.25) is 0 Å². The molecule has 0 spiro atoms. The monoisotopic (exact) mass is 368 g/mol. The number of aryl methyl sites for hydroxylation is 2. The smallest absolute Gasteiger partial charge is 0.0831 e. The maximum Gasteiger partial charge on any atom is 0.0831 e. The van der Waals surface area contributed by atoms with Gasteiger partial charge in [-0.2, -0.15) is 0 Å². The Labute approximate surface area is 159 Å². The number of benzene rings is 2. The van der Waals surface area contributed by atoms with Crippen molar-refractivity contribution < 1.29 is 5.11 Å². The first-order valence-corrected chi connectivity index (χ1v) is 9.46. The number of aromatic nitrogens is 1. The molecule has 0 aliphatic carbocycles. The highest BCUT2D eigenvalue weighted by Crippen LogP contribution is 2.48. The number of aliphatic hydroxyl groups excluding tert-OH is 1. The molecule has 0 radical (unpaired) electrons. The fourth-order valence-corrected chi connectivity index (χ4v) is 4.73. The zero-order valence-electron chi connectivity index (χ0n) is 15.9. The minimum absolute atomic E-state index is 0.0445. The molecule has 0 saturated carbocycles. The quantitative estimate of drug-likeness (QED) is 0.510. The molecule has 0 fully saturated rings. The third kappa shape index (κ3) is 2.38. The molecule has 0 saturated heterocycles. The summed E-state index contributed by atoms with van der Waals surface area (Å²) in [5.74, 6) is -0.0445. The average molecular weight is 369 g/mol. The summed E-state index contributed by atoms with van der Waals surface area (Å²) in [6.07, 6.45) is 1.52. The zero-order valence-corrected chi connectivity index (χ0v) is 16.6. The molecule has 3 N–H and O–H groups in total. The number of rotatable bonds is 1. The first-order chi connectivity index (χ1) is 12.2. The molecule has 2 heterocycles. The van der Waals surface area contributed by atoms with Crippen LogP contribution < -0.4 is 5.32 Å². The Morgan fingerprint density at radius 1 is 1.12 bits per heavy atom. The number of aromatic amines is 1. The van der Waals surface area contributed by atoms with Gasteiger partial charge in [-0.1, -0.05) is 36.7 Å². The van der Waals surface area contributed by atoms with Crippen molar-refractivity contribution in [3.05, 3.63) is 52.2 Å². The van der Waals surface area contributed by atoms with Gasteiger partial charge in [-0.05, 0) is 44.9 Å². The van der Waals surface area contributed by atoms with Crippen LogP contribution in [0.2, 0.25) is 5.02 Å². The summed E-state index contributed by atoms with van der Waals surface area (Å²) in [6.45, 7) is 10.3. The molecule has 4 heteroatoms. The molecule has 3 nitrogen and oxygen atoms in total. The van der Waals surface area contributed by atoms with E-state index in [-0.39, 0.29) is 5.92 Å². The van der Waals surface area contributed by atoms with Crippen LogP contribution in [0, 0.1) is 13.8 Å². The van der Waals surface area contributed by atoms with Crippen LogP contribution in [0.3, 0.4) is 0 Å². The second kappa shape index (κ2) is 5.77. The highest BCUT2D eigenvalue weighted by Gasteiger charge is 2.40. The van der Waals surface area contributed by atoms with Crippen LogP contribution in [0.25, 0.3) is 22.0 Å². The van der Waals surface area contributed by atoms with Crippen molar-refractivity contribution in [2.45, 2.75) is 52.2 Å². The second-order valence-corrected chi connectivity index (χ2v) is 8.50. The summed E-state index contributed by atoms with van der Waals surface area (Å²) in [4.78, 5) is 3.39. The maximum atomic E-state index is 10.8. The van der Waals surface area contributed by atoms with Crippen LogP contribution in [0.1, 0.15) is 43.4 Å². The van der Waals surface area contributed by atoms with Crippen LogP contribution in [0.15, 0.2) is 30.5 Å². The number of halogens is 1. The molecule has 4 rings (SSSR count). The van der Waals surface area contributed by atoms with E-state index in [2.05, 4.69) is 55.3 Å². The van der Waals surface area contributed by atoms with E-state index in [1.54, 1.807) is 0 Å². The first-order valence-electron chi connectivity index (χ1n) is 9.08. The fraction of sp³-hybridized carbons (Fsp3) is 0.364. The topological polar surface area (TPSA) is 48.0 Å². The van der Waals surface area contributed by atoms with Crippen molar-refractivity contribution in [3.63, 3.8) is 0 Å². The number of fused-ring (bicyclic) bond motifs is 2. The Kier molecular flexibility index (Phi) is 3.87. The molecule has 3 aromatic rings. The summed E-state index contributed by atoms with van der Waals surface area (Å²) in [6, 6.07) is 8.45. The predicted octanol–water partition coefficient (Wildman–Crippen LogP) is 5.77. The normalized spacial score (nSPS) is 21.5. The zero-order chi connectivity index (χ0) is 18.8. The minimum Gasteiger partial charge on any atom is -0.390 e. The molecule has 136 valence electrons. The molecular weight excluding hydrogens is 344 g/mol. The third-order valence-electron chi connectivity index (χ3n) is 5.83. The SMILES string of the molecule is Cc1cc(-c2cccc3c(C)c[nH]c23)c(Cl)c2c1NC(C)(C)C(O)C2C. The van der Waals surface area contributed by atoms with Crippen molar-refractivity contribution in [1.29, 1.82) is 0 Å². The molecule has 1 aliphatic rings. The van der Waals surface area contributed by atoms with Crippen molar-refractivity contribution >= 4 is 28.2 Å². The second-order valence-electron chi connectivity index (χ2n) is 8.12. The molecule has 0 bridgehead atoms. The molecule has 1 aliphatic heterocycles. The Balaban J connectivity index is 2.00. The molecule has 2 aromatic carbocycles. The van der Waals surface area contributed by atoms with Gasteiger partial charge < -0.3 is 15.4 Å². The van der Waals surface area contributed by atoms with E-state index < -0.39 is 11.6 Å². The number of H-pyrrole nitrogens is 1. The number of nitrogens with one attached hydrogen (secondary N) is 2. The molecule has 2 unspecified atom stereocenters. The number of hydrogen-bond acceptors (Lipinski definition) is 2. The lowest BCUT2D eigenvalue weighted by molar-refractivity contribution is 0.0869. The van der Waals surface area contributed by atoms with Gasteiger partial charge in [0.2, 0.25) is 0 Å². The van der Waals surface area contributed by atoms with E-state index in [1.165, 1.54) is 10.9 Å². The third-order valence-corrected chi connectivity index (χ3v) is 6.23. The number of anilines is 1. The minimum atomic E-state index is -0.509. The summed E-state index contributed by atoms with van der Waals surface area (Å²) < 4.78 is 0. The number of aliphatic hydroxyl groups is 1. The maximum absolute atomic E-state index is 10.8. The molecule has 2 atom stereocenters. The van der Waals surface area contributed by atoms with Gasteiger partial charge in [0.1, 0.15) is 0 Å². The van der Waals surface area contributed by atoms with Crippen LogP contribution in [0.5, 0.6) is 0 Å².